The van der Waals surface area contributed by atoms with E-state index in [2.05, 4.69) is 5.16 Å². The lowest BCUT2D eigenvalue weighted by molar-refractivity contribution is -0.137. The van der Waals surface area contributed by atoms with Gasteiger partial charge in [-0.25, -0.2) is 8.78 Å². The van der Waals surface area contributed by atoms with Crippen LogP contribution in [0.25, 0.3) is 0 Å². The first-order valence-corrected chi connectivity index (χ1v) is 8.55. The highest BCUT2D eigenvalue weighted by Crippen LogP contribution is 2.19. The highest BCUT2D eigenvalue weighted by Gasteiger charge is 2.27. The molecule has 0 N–H and O–H groups in total. The molecule has 2 aromatic rings. The van der Waals surface area contributed by atoms with E-state index in [1.807, 2.05) is 0 Å². The van der Waals surface area contributed by atoms with Gasteiger partial charge in [-0.3, -0.25) is 4.79 Å². The van der Waals surface area contributed by atoms with Crippen molar-refractivity contribution in [3.8, 4) is 0 Å². The summed E-state index contributed by atoms with van der Waals surface area (Å²) in [4.78, 5) is 19.4. The molecule has 1 amide bonds. The van der Waals surface area contributed by atoms with Gasteiger partial charge < -0.3 is 14.5 Å². The zero-order chi connectivity index (χ0) is 19.2. The van der Waals surface area contributed by atoms with Gasteiger partial charge in [-0.1, -0.05) is 29.4 Å². The molecule has 142 valence electrons. The fraction of sp³-hybridized carbons (Fsp3) is 0.300. The minimum Gasteiger partial charge on any atom is -0.390 e. The summed E-state index contributed by atoms with van der Waals surface area (Å²) in [7, 11) is 1.44. The molecule has 0 aliphatic carbocycles. The van der Waals surface area contributed by atoms with Gasteiger partial charge in [0.1, 0.15) is 18.2 Å². The minimum atomic E-state index is -0.363. The van der Waals surface area contributed by atoms with E-state index < -0.39 is 0 Å². The van der Waals surface area contributed by atoms with Crippen molar-refractivity contribution < 1.29 is 23.1 Å². The molecule has 0 bridgehead atoms. The summed E-state index contributed by atoms with van der Waals surface area (Å²) < 4.78 is 31.8. The number of carbonyl (C=O) groups excluding carboxylic acids is 1. The third-order valence-corrected chi connectivity index (χ3v) is 4.20. The van der Waals surface area contributed by atoms with E-state index in [9.17, 15) is 13.6 Å². The Bertz CT molecular complexity index is 841. The molecule has 27 heavy (non-hydrogen) atoms. The van der Waals surface area contributed by atoms with Gasteiger partial charge in [-0.05, 0) is 29.8 Å². The lowest BCUT2D eigenvalue weighted by Crippen LogP contribution is -2.39. The molecule has 0 saturated carbocycles. The van der Waals surface area contributed by atoms with E-state index in [0.29, 0.717) is 23.3 Å². The van der Waals surface area contributed by atoms with Crippen LogP contribution in [-0.2, 0) is 20.9 Å². The number of hydrogen-bond donors (Lipinski definition) is 0. The average Bonchev–Trinajstić information content (AvgIpc) is 3.10. The Kier molecular flexibility index (Phi) is 6.13. The predicted molar refractivity (Wildman–Crippen MR) is 96.1 cm³/mol. The predicted octanol–water partition coefficient (Wildman–Crippen LogP) is 3.13. The number of rotatable bonds is 7. The van der Waals surface area contributed by atoms with Gasteiger partial charge in [0.05, 0.1) is 12.3 Å². The molecule has 1 aliphatic rings. The normalized spacial score (nSPS) is 16.0. The maximum Gasteiger partial charge on any atom is 0.248 e. The van der Waals surface area contributed by atoms with Gasteiger partial charge in [-0.15, -0.1) is 0 Å². The molecule has 0 spiro atoms. The maximum absolute atomic E-state index is 13.4. The summed E-state index contributed by atoms with van der Waals surface area (Å²) in [5.41, 5.74) is 1.95. The van der Waals surface area contributed by atoms with Crippen LogP contribution in [0.5, 0.6) is 0 Å². The van der Waals surface area contributed by atoms with Crippen LogP contribution in [0.2, 0.25) is 0 Å². The van der Waals surface area contributed by atoms with Crippen molar-refractivity contribution in [1.82, 2.24) is 4.90 Å². The quantitative estimate of drug-likeness (QED) is 0.748. The van der Waals surface area contributed by atoms with Crippen molar-refractivity contribution in [1.29, 1.82) is 0 Å². The van der Waals surface area contributed by atoms with Crippen molar-refractivity contribution in [3.63, 3.8) is 0 Å². The molecule has 1 heterocycles. The number of carbonyl (C=O) groups is 1. The molecule has 5 nitrogen and oxygen atoms in total. The molecule has 1 aliphatic heterocycles. The highest BCUT2D eigenvalue weighted by atomic mass is 19.1. The van der Waals surface area contributed by atoms with Gasteiger partial charge in [0.2, 0.25) is 5.91 Å². The third-order valence-electron chi connectivity index (χ3n) is 4.20. The third kappa shape index (κ3) is 5.10. The molecule has 0 saturated heterocycles. The Labute approximate surface area is 156 Å². The SMILES string of the molecule is COCC(=O)N(Cc1cccc(F)c1)C[C@@H]1CC(c2cccc(F)c2)=NO1. The van der Waals surface area contributed by atoms with Crippen LogP contribution in [0, 0.1) is 11.6 Å². The molecular formula is C20H20F2N2O3. The van der Waals surface area contributed by atoms with Gasteiger partial charge in [0.15, 0.2) is 6.10 Å². The Morgan fingerprint density at radius 3 is 2.67 bits per heavy atom. The number of amides is 1. The first-order valence-electron chi connectivity index (χ1n) is 8.55. The van der Waals surface area contributed by atoms with E-state index in [1.54, 1.807) is 29.2 Å². The van der Waals surface area contributed by atoms with Crippen molar-refractivity contribution >= 4 is 11.6 Å². The van der Waals surface area contributed by atoms with Crippen LogP contribution in [0.3, 0.4) is 0 Å². The van der Waals surface area contributed by atoms with Gasteiger partial charge >= 0.3 is 0 Å². The average molecular weight is 374 g/mol. The Balaban J connectivity index is 1.67. The Morgan fingerprint density at radius 1 is 1.22 bits per heavy atom. The van der Waals surface area contributed by atoms with Crippen LogP contribution in [0.15, 0.2) is 53.7 Å². The first kappa shape index (κ1) is 19.0. The smallest absolute Gasteiger partial charge is 0.248 e. The molecule has 7 heteroatoms. The fourth-order valence-corrected chi connectivity index (χ4v) is 2.94. The van der Waals surface area contributed by atoms with Crippen LogP contribution >= 0.6 is 0 Å². The molecule has 2 aromatic carbocycles. The van der Waals surface area contributed by atoms with Crippen LogP contribution in [-0.4, -0.2) is 42.9 Å². The zero-order valence-corrected chi connectivity index (χ0v) is 14.9. The van der Waals surface area contributed by atoms with Crippen molar-refractivity contribution in [2.24, 2.45) is 5.16 Å². The van der Waals surface area contributed by atoms with Gasteiger partial charge in [0, 0.05) is 25.6 Å². The Morgan fingerprint density at radius 2 is 1.96 bits per heavy atom. The number of hydrogen-bond acceptors (Lipinski definition) is 4. The number of oxime groups is 1. The van der Waals surface area contributed by atoms with Crippen molar-refractivity contribution in [2.75, 3.05) is 20.3 Å². The summed E-state index contributed by atoms with van der Waals surface area (Å²) in [6, 6.07) is 12.2. The summed E-state index contributed by atoms with van der Waals surface area (Å²) in [6.07, 6.45) is 0.0845. The first-order chi connectivity index (χ1) is 13.0. The molecular weight excluding hydrogens is 354 g/mol. The monoisotopic (exact) mass is 374 g/mol. The molecule has 1 atom stereocenters. The summed E-state index contributed by atoms with van der Waals surface area (Å²) in [5, 5.41) is 4.03. The number of nitrogens with zero attached hydrogens (tertiary/aromatic N) is 2. The maximum atomic E-state index is 13.4. The van der Waals surface area contributed by atoms with Gasteiger partial charge in [-0.2, -0.15) is 0 Å². The summed E-state index contributed by atoms with van der Waals surface area (Å²) in [5.74, 6) is -0.938. The molecule has 3 rings (SSSR count). The van der Waals surface area contributed by atoms with Crippen LogP contribution in [0.1, 0.15) is 17.5 Å². The molecule has 0 unspecified atom stereocenters. The molecule has 0 radical (unpaired) electrons. The fourth-order valence-electron chi connectivity index (χ4n) is 2.94. The van der Waals surface area contributed by atoms with E-state index in [-0.39, 0.29) is 43.3 Å². The number of ether oxygens (including phenoxy) is 1. The zero-order valence-electron chi connectivity index (χ0n) is 14.9. The second-order valence-corrected chi connectivity index (χ2v) is 6.32. The highest BCUT2D eigenvalue weighted by molar-refractivity contribution is 6.01. The van der Waals surface area contributed by atoms with E-state index >= 15 is 0 Å². The number of benzene rings is 2. The number of methoxy groups -OCH3 is 1. The van der Waals surface area contributed by atoms with E-state index in [4.69, 9.17) is 9.57 Å². The van der Waals surface area contributed by atoms with Crippen molar-refractivity contribution in [2.45, 2.75) is 19.1 Å². The standard InChI is InChI=1S/C20H20F2N2O3/c1-26-13-20(25)24(11-14-4-2-6-16(21)8-14)12-18-10-19(23-27-18)15-5-3-7-17(22)9-15/h2-9,18H,10-13H2,1H3/t18-/m0/s1. The van der Waals surface area contributed by atoms with Gasteiger partial charge in [0.25, 0.3) is 0 Å². The molecule has 0 fully saturated rings. The lowest BCUT2D eigenvalue weighted by atomic mass is 10.0. The second-order valence-electron chi connectivity index (χ2n) is 6.32. The summed E-state index contributed by atoms with van der Waals surface area (Å²) in [6.45, 7) is 0.412. The van der Waals surface area contributed by atoms with Crippen LogP contribution < -0.4 is 0 Å². The number of halogens is 2. The van der Waals surface area contributed by atoms with Crippen LogP contribution in [0.4, 0.5) is 8.78 Å². The largest absolute Gasteiger partial charge is 0.390 e. The Hall–Kier alpha value is -2.80. The lowest BCUT2D eigenvalue weighted by Gasteiger charge is -2.24. The second kappa shape index (κ2) is 8.73. The minimum absolute atomic E-state index is 0.0837. The summed E-state index contributed by atoms with van der Waals surface area (Å²) >= 11 is 0. The van der Waals surface area contributed by atoms with Crippen molar-refractivity contribution in [3.05, 3.63) is 71.3 Å². The molecule has 0 aromatic heterocycles. The topological polar surface area (TPSA) is 51.1 Å². The van der Waals surface area contributed by atoms with E-state index in [0.717, 1.165) is 0 Å². The van der Waals surface area contributed by atoms with E-state index in [1.165, 1.54) is 31.4 Å².